The van der Waals surface area contributed by atoms with Crippen LogP contribution in [0.15, 0.2) is 18.2 Å². The molecule has 0 spiro atoms. The molecule has 0 aliphatic rings. The molecule has 0 aliphatic heterocycles. The Labute approximate surface area is 89.9 Å². The molecule has 0 heterocycles. The monoisotopic (exact) mass is 211 g/mol. The molecule has 0 fully saturated rings. The van der Waals surface area contributed by atoms with Crippen molar-refractivity contribution in [2.45, 2.75) is 32.4 Å². The van der Waals surface area contributed by atoms with Gasteiger partial charge in [-0.3, -0.25) is 0 Å². The van der Waals surface area contributed by atoms with Crippen LogP contribution in [0, 0.1) is 0 Å². The lowest BCUT2D eigenvalue weighted by molar-refractivity contribution is 0.214. The minimum Gasteiger partial charge on any atom is -0.507 e. The van der Waals surface area contributed by atoms with Crippen LogP contribution in [-0.4, -0.2) is 11.7 Å². The Morgan fingerprint density at radius 2 is 2.07 bits per heavy atom. The first-order valence-corrected chi connectivity index (χ1v) is 5.09. The lowest BCUT2D eigenvalue weighted by atomic mass is 9.92. The molecule has 1 rings (SSSR count). The number of para-hydroxylation sites is 1. The Morgan fingerprint density at radius 3 is 2.53 bits per heavy atom. The minimum atomic E-state index is -1.53. The summed E-state index contributed by atoms with van der Waals surface area (Å²) in [5, 5.41) is 9.93. The van der Waals surface area contributed by atoms with Crippen LogP contribution in [0.25, 0.3) is 0 Å². The van der Waals surface area contributed by atoms with E-state index in [4.69, 9.17) is 5.73 Å². The summed E-state index contributed by atoms with van der Waals surface area (Å²) in [6.07, 6.45) is 0. The van der Waals surface area contributed by atoms with E-state index in [0.29, 0.717) is 17.7 Å². The van der Waals surface area contributed by atoms with E-state index in [-0.39, 0.29) is 11.7 Å². The minimum absolute atomic E-state index is 0.0305. The third-order valence-corrected chi connectivity index (χ3v) is 2.59. The predicted octanol–water partition coefficient (Wildman–Crippen LogP) is 2.66. The molecule has 0 saturated heterocycles. The molecule has 0 saturated carbocycles. The molecule has 0 aliphatic carbocycles. The van der Waals surface area contributed by atoms with Crippen LogP contribution in [0.3, 0.4) is 0 Å². The first kappa shape index (κ1) is 12.0. The summed E-state index contributed by atoms with van der Waals surface area (Å²) in [6, 6.07) is 5.13. The summed E-state index contributed by atoms with van der Waals surface area (Å²) >= 11 is 0. The Morgan fingerprint density at radius 1 is 1.47 bits per heavy atom. The topological polar surface area (TPSA) is 46.2 Å². The molecule has 2 nitrogen and oxygen atoms in total. The number of benzene rings is 1. The Bertz CT molecular complexity index is 344. The molecule has 1 aromatic carbocycles. The molecule has 3 N–H and O–H groups in total. The SMILES string of the molecule is CC(CN)c1cccc(C(C)(C)F)c1O. The van der Waals surface area contributed by atoms with Crippen LogP contribution in [0.5, 0.6) is 5.75 Å². The van der Waals surface area contributed by atoms with Crippen molar-refractivity contribution >= 4 is 0 Å². The molecule has 3 heteroatoms. The highest BCUT2D eigenvalue weighted by Gasteiger charge is 2.24. The van der Waals surface area contributed by atoms with Crippen LogP contribution in [0.4, 0.5) is 4.39 Å². The van der Waals surface area contributed by atoms with Gasteiger partial charge in [0.1, 0.15) is 11.4 Å². The number of nitrogens with two attached hydrogens (primary N) is 1. The summed E-state index contributed by atoms with van der Waals surface area (Å²) in [4.78, 5) is 0. The van der Waals surface area contributed by atoms with E-state index in [0.717, 1.165) is 0 Å². The number of alkyl halides is 1. The Kier molecular flexibility index (Phi) is 3.35. The first-order chi connectivity index (χ1) is 6.88. The zero-order chi connectivity index (χ0) is 11.6. The van der Waals surface area contributed by atoms with Gasteiger partial charge in [-0.15, -0.1) is 0 Å². The second-order valence-electron chi connectivity index (χ2n) is 4.35. The first-order valence-electron chi connectivity index (χ1n) is 5.09. The highest BCUT2D eigenvalue weighted by Crippen LogP contribution is 2.36. The van der Waals surface area contributed by atoms with Crippen LogP contribution < -0.4 is 5.73 Å². The van der Waals surface area contributed by atoms with Gasteiger partial charge in [0, 0.05) is 5.56 Å². The number of hydrogen-bond donors (Lipinski definition) is 2. The molecule has 15 heavy (non-hydrogen) atoms. The molecule has 0 bridgehead atoms. The van der Waals surface area contributed by atoms with Gasteiger partial charge in [-0.25, -0.2) is 4.39 Å². The summed E-state index contributed by atoms with van der Waals surface area (Å²) in [7, 11) is 0. The second kappa shape index (κ2) is 4.19. The van der Waals surface area contributed by atoms with Gasteiger partial charge in [-0.05, 0) is 31.9 Å². The Hall–Kier alpha value is -1.09. The lowest BCUT2D eigenvalue weighted by Gasteiger charge is -2.20. The molecular formula is C12H18FNO. The predicted molar refractivity (Wildman–Crippen MR) is 59.7 cm³/mol. The maximum absolute atomic E-state index is 13.7. The summed E-state index contributed by atoms with van der Waals surface area (Å²) in [5.74, 6) is 0.0650. The number of rotatable bonds is 3. The standard InChI is InChI=1S/C12H18FNO/c1-8(7-14)9-5-4-6-10(11(9)15)12(2,3)13/h4-6,8,15H,7,14H2,1-3H3. The summed E-state index contributed by atoms with van der Waals surface area (Å²) < 4.78 is 13.7. The molecule has 0 aromatic heterocycles. The molecule has 1 aromatic rings. The second-order valence-corrected chi connectivity index (χ2v) is 4.35. The zero-order valence-electron chi connectivity index (χ0n) is 9.42. The molecule has 0 amide bonds. The van der Waals surface area contributed by atoms with Gasteiger partial charge in [-0.1, -0.05) is 25.1 Å². The third kappa shape index (κ3) is 2.48. The summed E-state index contributed by atoms with van der Waals surface area (Å²) in [5.41, 5.74) is 5.02. The van der Waals surface area contributed by atoms with Crippen molar-refractivity contribution in [2.75, 3.05) is 6.54 Å². The average molecular weight is 211 g/mol. The lowest BCUT2D eigenvalue weighted by Crippen LogP contribution is -2.13. The molecular weight excluding hydrogens is 193 g/mol. The fourth-order valence-electron chi connectivity index (χ4n) is 1.57. The van der Waals surface area contributed by atoms with E-state index in [1.165, 1.54) is 13.8 Å². The van der Waals surface area contributed by atoms with E-state index >= 15 is 0 Å². The van der Waals surface area contributed by atoms with E-state index < -0.39 is 5.67 Å². The normalized spacial score (nSPS) is 13.9. The average Bonchev–Trinajstić information content (AvgIpc) is 2.15. The van der Waals surface area contributed by atoms with E-state index in [9.17, 15) is 9.50 Å². The van der Waals surface area contributed by atoms with Gasteiger partial charge in [0.15, 0.2) is 0 Å². The smallest absolute Gasteiger partial charge is 0.134 e. The highest BCUT2D eigenvalue weighted by atomic mass is 19.1. The van der Waals surface area contributed by atoms with Gasteiger partial charge < -0.3 is 10.8 Å². The van der Waals surface area contributed by atoms with Crippen molar-refractivity contribution < 1.29 is 9.50 Å². The van der Waals surface area contributed by atoms with Gasteiger partial charge in [0.05, 0.1) is 0 Å². The van der Waals surface area contributed by atoms with Gasteiger partial charge in [0.25, 0.3) is 0 Å². The highest BCUT2D eigenvalue weighted by molar-refractivity contribution is 5.44. The molecule has 1 unspecified atom stereocenters. The van der Waals surface area contributed by atoms with Crippen molar-refractivity contribution in [2.24, 2.45) is 5.73 Å². The van der Waals surface area contributed by atoms with Crippen molar-refractivity contribution in [3.63, 3.8) is 0 Å². The van der Waals surface area contributed by atoms with Gasteiger partial charge >= 0.3 is 0 Å². The number of phenols is 1. The fourth-order valence-corrected chi connectivity index (χ4v) is 1.57. The molecule has 1 atom stereocenters. The van der Waals surface area contributed by atoms with Gasteiger partial charge in [0.2, 0.25) is 0 Å². The largest absolute Gasteiger partial charge is 0.507 e. The van der Waals surface area contributed by atoms with Crippen LogP contribution >= 0.6 is 0 Å². The number of aromatic hydroxyl groups is 1. The van der Waals surface area contributed by atoms with Crippen LogP contribution in [-0.2, 0) is 5.67 Å². The van der Waals surface area contributed by atoms with Crippen molar-refractivity contribution in [1.82, 2.24) is 0 Å². The van der Waals surface area contributed by atoms with E-state index in [2.05, 4.69) is 0 Å². The van der Waals surface area contributed by atoms with Crippen LogP contribution in [0.2, 0.25) is 0 Å². The van der Waals surface area contributed by atoms with E-state index in [1.807, 2.05) is 6.92 Å². The molecule has 0 radical (unpaired) electrons. The zero-order valence-corrected chi connectivity index (χ0v) is 9.42. The number of hydrogen-bond acceptors (Lipinski definition) is 2. The number of phenolic OH excluding ortho intramolecular Hbond substituents is 1. The van der Waals surface area contributed by atoms with Gasteiger partial charge in [-0.2, -0.15) is 0 Å². The summed E-state index contributed by atoms with van der Waals surface area (Å²) in [6.45, 7) is 5.20. The maximum Gasteiger partial charge on any atom is 0.134 e. The van der Waals surface area contributed by atoms with Crippen LogP contribution in [0.1, 0.15) is 37.8 Å². The third-order valence-electron chi connectivity index (χ3n) is 2.59. The fraction of sp³-hybridized carbons (Fsp3) is 0.500. The van der Waals surface area contributed by atoms with E-state index in [1.54, 1.807) is 18.2 Å². The quantitative estimate of drug-likeness (QED) is 0.807. The van der Waals surface area contributed by atoms with Crippen molar-refractivity contribution in [3.05, 3.63) is 29.3 Å². The van der Waals surface area contributed by atoms with Crippen molar-refractivity contribution in [1.29, 1.82) is 0 Å². The van der Waals surface area contributed by atoms with Crippen molar-refractivity contribution in [3.8, 4) is 5.75 Å². The molecule has 84 valence electrons. The Balaban J connectivity index is 3.23. The maximum atomic E-state index is 13.7. The number of halogens is 1.